The standard InChI is InChI=1S/C18H16N2O4/c1-10-7-11(3-6-15(10)24-2)8-16-19-14-9-12(18(22)23)4-5-13(14)17(21)20-16/h3-7,9H,8H2,1-2H3,(H,22,23)(H,19,20,21). The quantitative estimate of drug-likeness (QED) is 0.769. The molecule has 3 aromatic rings. The van der Waals surface area contributed by atoms with Crippen LogP contribution >= 0.6 is 0 Å². The van der Waals surface area contributed by atoms with Crippen LogP contribution < -0.4 is 10.3 Å². The van der Waals surface area contributed by atoms with E-state index in [1.54, 1.807) is 7.11 Å². The predicted octanol–water partition coefficient (Wildman–Crippen LogP) is 2.53. The molecule has 1 heterocycles. The van der Waals surface area contributed by atoms with Crippen molar-refractivity contribution in [3.63, 3.8) is 0 Å². The highest BCUT2D eigenvalue weighted by atomic mass is 16.5. The van der Waals surface area contributed by atoms with Gasteiger partial charge in [-0.3, -0.25) is 4.79 Å². The van der Waals surface area contributed by atoms with Crippen LogP contribution in [0.25, 0.3) is 10.9 Å². The molecule has 3 rings (SSSR count). The maximum Gasteiger partial charge on any atom is 0.335 e. The number of rotatable bonds is 4. The van der Waals surface area contributed by atoms with Gasteiger partial charge < -0.3 is 14.8 Å². The summed E-state index contributed by atoms with van der Waals surface area (Å²) in [6.07, 6.45) is 0.438. The van der Waals surface area contributed by atoms with E-state index in [0.29, 0.717) is 23.1 Å². The Kier molecular flexibility index (Phi) is 4.04. The number of benzene rings is 2. The highest BCUT2D eigenvalue weighted by Crippen LogP contribution is 2.20. The fourth-order valence-corrected chi connectivity index (χ4v) is 2.65. The molecule has 0 aliphatic heterocycles. The Bertz CT molecular complexity index is 992. The Morgan fingerprint density at radius 2 is 2.04 bits per heavy atom. The van der Waals surface area contributed by atoms with Gasteiger partial charge in [0.25, 0.3) is 5.56 Å². The molecular formula is C18H16N2O4. The molecule has 122 valence electrons. The molecule has 0 fully saturated rings. The van der Waals surface area contributed by atoms with Gasteiger partial charge in [-0.15, -0.1) is 0 Å². The monoisotopic (exact) mass is 324 g/mol. The van der Waals surface area contributed by atoms with Gasteiger partial charge in [0.2, 0.25) is 0 Å². The van der Waals surface area contributed by atoms with Crippen LogP contribution in [0.3, 0.4) is 0 Å². The number of nitrogens with zero attached hydrogens (tertiary/aromatic N) is 1. The summed E-state index contributed by atoms with van der Waals surface area (Å²) in [6.45, 7) is 1.94. The third-order valence-corrected chi connectivity index (χ3v) is 3.83. The van der Waals surface area contributed by atoms with E-state index in [2.05, 4.69) is 9.97 Å². The number of carboxylic acid groups (broad SMARTS) is 1. The molecule has 0 unspecified atom stereocenters. The molecule has 2 aromatic carbocycles. The minimum absolute atomic E-state index is 0.104. The number of aryl methyl sites for hydroxylation is 1. The van der Waals surface area contributed by atoms with E-state index in [1.807, 2.05) is 25.1 Å². The van der Waals surface area contributed by atoms with Crippen LogP contribution in [0.15, 0.2) is 41.2 Å². The highest BCUT2D eigenvalue weighted by Gasteiger charge is 2.09. The molecule has 24 heavy (non-hydrogen) atoms. The maximum absolute atomic E-state index is 12.2. The van der Waals surface area contributed by atoms with Crippen molar-refractivity contribution in [2.24, 2.45) is 0 Å². The number of fused-ring (bicyclic) bond motifs is 1. The molecule has 0 radical (unpaired) electrons. The largest absolute Gasteiger partial charge is 0.496 e. The molecule has 6 nitrogen and oxygen atoms in total. The molecule has 0 amide bonds. The topological polar surface area (TPSA) is 92.3 Å². The van der Waals surface area contributed by atoms with Crippen molar-refractivity contribution in [1.29, 1.82) is 0 Å². The number of hydrogen-bond donors (Lipinski definition) is 2. The number of methoxy groups -OCH3 is 1. The zero-order valence-electron chi connectivity index (χ0n) is 13.3. The van der Waals surface area contributed by atoms with Crippen LogP contribution in [0.5, 0.6) is 5.75 Å². The lowest BCUT2D eigenvalue weighted by Crippen LogP contribution is -2.13. The molecule has 0 aliphatic rings. The Balaban J connectivity index is 2.02. The van der Waals surface area contributed by atoms with E-state index in [4.69, 9.17) is 9.84 Å². The third-order valence-electron chi connectivity index (χ3n) is 3.83. The van der Waals surface area contributed by atoms with Gasteiger partial charge in [-0.1, -0.05) is 12.1 Å². The highest BCUT2D eigenvalue weighted by molar-refractivity contribution is 5.92. The summed E-state index contributed by atoms with van der Waals surface area (Å²) in [4.78, 5) is 30.4. The van der Waals surface area contributed by atoms with Gasteiger partial charge in [0.05, 0.1) is 23.6 Å². The minimum atomic E-state index is -1.05. The Labute approximate surface area is 137 Å². The summed E-state index contributed by atoms with van der Waals surface area (Å²) < 4.78 is 5.23. The fourth-order valence-electron chi connectivity index (χ4n) is 2.65. The van der Waals surface area contributed by atoms with E-state index in [1.165, 1.54) is 18.2 Å². The van der Waals surface area contributed by atoms with Crippen LogP contribution in [-0.4, -0.2) is 28.2 Å². The zero-order chi connectivity index (χ0) is 17.3. The number of aromatic nitrogens is 2. The van der Waals surface area contributed by atoms with Crippen molar-refractivity contribution in [1.82, 2.24) is 9.97 Å². The molecular weight excluding hydrogens is 308 g/mol. The number of carboxylic acids is 1. The number of nitrogens with one attached hydrogen (secondary N) is 1. The summed E-state index contributed by atoms with van der Waals surface area (Å²) in [6, 6.07) is 10.0. The van der Waals surface area contributed by atoms with Crippen LogP contribution in [0.1, 0.15) is 27.3 Å². The SMILES string of the molecule is COc1ccc(Cc2nc3cc(C(=O)O)ccc3c(=O)[nH]2)cc1C. The summed E-state index contributed by atoms with van der Waals surface area (Å²) in [5.74, 6) is 0.232. The molecule has 0 spiro atoms. The van der Waals surface area contributed by atoms with Crippen molar-refractivity contribution in [2.75, 3.05) is 7.11 Å². The van der Waals surface area contributed by atoms with Gasteiger partial charge in [-0.25, -0.2) is 9.78 Å². The van der Waals surface area contributed by atoms with Crippen LogP contribution in [0, 0.1) is 6.92 Å². The summed E-state index contributed by atoms with van der Waals surface area (Å²) in [7, 11) is 1.62. The summed E-state index contributed by atoms with van der Waals surface area (Å²) in [5, 5.41) is 9.44. The second-order valence-corrected chi connectivity index (χ2v) is 5.53. The van der Waals surface area contributed by atoms with Crippen molar-refractivity contribution >= 4 is 16.9 Å². The van der Waals surface area contributed by atoms with Gasteiger partial charge >= 0.3 is 5.97 Å². The van der Waals surface area contributed by atoms with Crippen molar-refractivity contribution < 1.29 is 14.6 Å². The zero-order valence-corrected chi connectivity index (χ0v) is 13.3. The second-order valence-electron chi connectivity index (χ2n) is 5.53. The first-order chi connectivity index (χ1) is 11.5. The first-order valence-corrected chi connectivity index (χ1v) is 7.37. The molecule has 1 aromatic heterocycles. The Morgan fingerprint density at radius 3 is 2.71 bits per heavy atom. The Hall–Kier alpha value is -3.15. The summed E-state index contributed by atoms with van der Waals surface area (Å²) >= 11 is 0. The lowest BCUT2D eigenvalue weighted by atomic mass is 10.1. The number of carbonyl (C=O) groups is 1. The number of hydrogen-bond acceptors (Lipinski definition) is 4. The molecule has 0 atom stereocenters. The van der Waals surface area contributed by atoms with Gasteiger partial charge in [-0.2, -0.15) is 0 Å². The van der Waals surface area contributed by atoms with Crippen molar-refractivity contribution in [3.8, 4) is 5.75 Å². The number of H-pyrrole nitrogens is 1. The Morgan fingerprint density at radius 1 is 1.25 bits per heavy atom. The van der Waals surface area contributed by atoms with Crippen LogP contribution in [0.4, 0.5) is 0 Å². The van der Waals surface area contributed by atoms with E-state index in [9.17, 15) is 9.59 Å². The first kappa shape index (κ1) is 15.7. The van der Waals surface area contributed by atoms with E-state index < -0.39 is 5.97 Å². The van der Waals surface area contributed by atoms with Crippen LogP contribution in [-0.2, 0) is 6.42 Å². The number of aromatic carboxylic acids is 1. The molecule has 0 aliphatic carbocycles. The molecule has 0 bridgehead atoms. The van der Waals surface area contributed by atoms with Crippen LogP contribution in [0.2, 0.25) is 0 Å². The average molecular weight is 324 g/mol. The summed E-state index contributed by atoms with van der Waals surface area (Å²) in [5.41, 5.74) is 2.17. The van der Waals surface area contributed by atoms with Gasteiger partial charge in [0.15, 0.2) is 0 Å². The predicted molar refractivity (Wildman–Crippen MR) is 89.9 cm³/mol. The van der Waals surface area contributed by atoms with Crippen molar-refractivity contribution in [3.05, 3.63) is 69.3 Å². The maximum atomic E-state index is 12.2. The van der Waals surface area contributed by atoms with E-state index >= 15 is 0 Å². The normalized spacial score (nSPS) is 10.8. The molecule has 2 N–H and O–H groups in total. The lowest BCUT2D eigenvalue weighted by molar-refractivity contribution is 0.0697. The second kappa shape index (κ2) is 6.16. The van der Waals surface area contributed by atoms with E-state index in [-0.39, 0.29) is 11.1 Å². The lowest BCUT2D eigenvalue weighted by Gasteiger charge is -2.08. The smallest absolute Gasteiger partial charge is 0.335 e. The third kappa shape index (κ3) is 2.99. The van der Waals surface area contributed by atoms with Gasteiger partial charge in [-0.05, 0) is 42.3 Å². The van der Waals surface area contributed by atoms with E-state index in [0.717, 1.165) is 16.9 Å². The first-order valence-electron chi connectivity index (χ1n) is 7.37. The molecule has 0 saturated carbocycles. The van der Waals surface area contributed by atoms with Crippen molar-refractivity contribution in [2.45, 2.75) is 13.3 Å². The number of ether oxygens (including phenoxy) is 1. The number of aromatic amines is 1. The minimum Gasteiger partial charge on any atom is -0.496 e. The van der Waals surface area contributed by atoms with Gasteiger partial charge in [0.1, 0.15) is 11.6 Å². The molecule has 0 saturated heterocycles. The average Bonchev–Trinajstić information content (AvgIpc) is 2.54. The fraction of sp³-hybridized carbons (Fsp3) is 0.167. The van der Waals surface area contributed by atoms with Gasteiger partial charge in [0, 0.05) is 6.42 Å². The molecule has 6 heteroatoms.